The Bertz CT molecular complexity index is 648. The van der Waals surface area contributed by atoms with Crippen molar-refractivity contribution in [1.29, 1.82) is 0 Å². The molecule has 1 saturated carbocycles. The Kier molecular flexibility index (Phi) is 22.5. The molecule has 41 heavy (non-hydrogen) atoms. The fourth-order valence-corrected chi connectivity index (χ4v) is 6.40. The highest BCUT2D eigenvalue weighted by atomic mass is 16.5. The highest BCUT2D eigenvalue weighted by molar-refractivity contribution is 5.70. The zero-order chi connectivity index (χ0) is 30.3. The van der Waals surface area contributed by atoms with Crippen LogP contribution in [-0.4, -0.2) is 35.4 Å². The lowest BCUT2D eigenvalue weighted by molar-refractivity contribution is -0.156. The molecule has 0 aromatic rings. The van der Waals surface area contributed by atoms with Crippen LogP contribution in [0, 0.1) is 17.8 Å². The van der Waals surface area contributed by atoms with Crippen LogP contribution in [0.25, 0.3) is 0 Å². The Morgan fingerprint density at radius 2 is 1.22 bits per heavy atom. The molecular weight excluding hydrogens is 512 g/mol. The SMILES string of the molecule is CCCCCCCCC(O)CCCC(=O)O[C@H](CCCCCCCC)CCCC(=O)O[C@@H]1C[C@H](C)CC[C@H]1C(C)C. The van der Waals surface area contributed by atoms with Crippen molar-refractivity contribution in [3.63, 3.8) is 0 Å². The molecule has 1 unspecified atom stereocenters. The van der Waals surface area contributed by atoms with Gasteiger partial charge in [-0.15, -0.1) is 0 Å². The molecule has 0 aromatic heterocycles. The molecule has 0 aliphatic heterocycles. The van der Waals surface area contributed by atoms with Crippen LogP contribution in [0.1, 0.15) is 182 Å². The van der Waals surface area contributed by atoms with E-state index in [1.807, 2.05) is 0 Å². The van der Waals surface area contributed by atoms with Crippen LogP contribution in [0.3, 0.4) is 0 Å². The number of rotatable bonds is 25. The molecule has 1 aliphatic carbocycles. The number of hydrogen-bond donors (Lipinski definition) is 1. The highest BCUT2D eigenvalue weighted by Crippen LogP contribution is 2.35. The van der Waals surface area contributed by atoms with Crippen molar-refractivity contribution in [2.24, 2.45) is 17.8 Å². The van der Waals surface area contributed by atoms with Gasteiger partial charge in [0.25, 0.3) is 0 Å². The molecule has 1 fully saturated rings. The first-order valence-corrected chi connectivity index (χ1v) is 17.8. The fraction of sp³-hybridized carbons (Fsp3) is 0.944. The number of aliphatic hydroxyl groups excluding tert-OH is 1. The molecular formula is C36H68O5. The van der Waals surface area contributed by atoms with Crippen molar-refractivity contribution >= 4 is 11.9 Å². The number of hydrogen-bond acceptors (Lipinski definition) is 5. The van der Waals surface area contributed by atoms with Crippen molar-refractivity contribution in [1.82, 2.24) is 0 Å². The molecule has 242 valence electrons. The zero-order valence-corrected chi connectivity index (χ0v) is 27.8. The Morgan fingerprint density at radius 3 is 1.85 bits per heavy atom. The van der Waals surface area contributed by atoms with Gasteiger partial charge in [-0.25, -0.2) is 0 Å². The number of unbranched alkanes of at least 4 members (excludes halogenated alkanes) is 10. The first-order valence-electron chi connectivity index (χ1n) is 17.8. The number of ether oxygens (including phenoxy) is 2. The second-order valence-corrected chi connectivity index (χ2v) is 13.5. The molecule has 5 nitrogen and oxygen atoms in total. The van der Waals surface area contributed by atoms with E-state index in [1.54, 1.807) is 0 Å². The van der Waals surface area contributed by atoms with Crippen molar-refractivity contribution in [3.8, 4) is 0 Å². The van der Waals surface area contributed by atoms with E-state index in [2.05, 4.69) is 34.6 Å². The quantitative estimate of drug-likeness (QED) is 0.0859. The normalized spacial score (nSPS) is 20.6. The maximum atomic E-state index is 12.7. The highest BCUT2D eigenvalue weighted by Gasteiger charge is 2.33. The van der Waals surface area contributed by atoms with E-state index >= 15 is 0 Å². The van der Waals surface area contributed by atoms with Gasteiger partial charge >= 0.3 is 11.9 Å². The molecule has 0 radical (unpaired) electrons. The minimum atomic E-state index is -0.318. The average molecular weight is 581 g/mol. The summed E-state index contributed by atoms with van der Waals surface area (Å²) >= 11 is 0. The molecule has 0 bridgehead atoms. The lowest BCUT2D eigenvalue weighted by Gasteiger charge is -2.36. The Morgan fingerprint density at radius 1 is 0.707 bits per heavy atom. The van der Waals surface area contributed by atoms with Crippen LogP contribution in [0.15, 0.2) is 0 Å². The van der Waals surface area contributed by atoms with E-state index in [4.69, 9.17) is 9.47 Å². The molecule has 0 heterocycles. The summed E-state index contributed by atoms with van der Waals surface area (Å²) in [6.07, 6.45) is 22.7. The first kappa shape index (κ1) is 37.9. The number of carbonyl (C=O) groups excluding carboxylic acids is 2. The summed E-state index contributed by atoms with van der Waals surface area (Å²) in [5.74, 6) is 1.34. The smallest absolute Gasteiger partial charge is 0.306 e. The van der Waals surface area contributed by atoms with Gasteiger partial charge in [0.2, 0.25) is 0 Å². The minimum absolute atomic E-state index is 0.0411. The molecule has 0 saturated heterocycles. The van der Waals surface area contributed by atoms with E-state index < -0.39 is 0 Å². The van der Waals surface area contributed by atoms with Crippen LogP contribution in [0.5, 0.6) is 0 Å². The molecule has 1 rings (SSSR count). The summed E-state index contributed by atoms with van der Waals surface area (Å²) in [6.45, 7) is 11.2. The average Bonchev–Trinajstić information content (AvgIpc) is 2.92. The van der Waals surface area contributed by atoms with Gasteiger partial charge in [0.05, 0.1) is 6.10 Å². The molecule has 5 heteroatoms. The predicted molar refractivity (Wildman–Crippen MR) is 171 cm³/mol. The summed E-state index contributed by atoms with van der Waals surface area (Å²) in [4.78, 5) is 25.4. The Hall–Kier alpha value is -1.10. The van der Waals surface area contributed by atoms with E-state index in [-0.39, 0.29) is 30.3 Å². The van der Waals surface area contributed by atoms with Gasteiger partial charge in [-0.3, -0.25) is 9.59 Å². The molecule has 1 aliphatic rings. The lowest BCUT2D eigenvalue weighted by Crippen LogP contribution is -2.35. The summed E-state index contributed by atoms with van der Waals surface area (Å²) in [5, 5.41) is 10.3. The van der Waals surface area contributed by atoms with Crippen molar-refractivity contribution in [2.75, 3.05) is 0 Å². The molecule has 0 aromatic carbocycles. The number of carbonyl (C=O) groups is 2. The molecule has 0 amide bonds. The third-order valence-corrected chi connectivity index (χ3v) is 9.14. The topological polar surface area (TPSA) is 72.8 Å². The standard InChI is InChI=1S/C36H68O5/c1-6-8-10-12-14-16-20-31(37)21-18-24-35(38)40-32(22-17-15-13-11-9-7-2)23-19-25-36(39)41-34-28-30(5)26-27-33(34)29(3)4/h29-34,37H,6-28H2,1-5H3/t30-,31?,32-,33+,34-/m1/s1. The van der Waals surface area contributed by atoms with Gasteiger partial charge in [-0.05, 0) is 75.5 Å². The monoisotopic (exact) mass is 581 g/mol. The van der Waals surface area contributed by atoms with Gasteiger partial charge in [-0.2, -0.15) is 0 Å². The van der Waals surface area contributed by atoms with Crippen molar-refractivity contribution < 1.29 is 24.2 Å². The lowest BCUT2D eigenvalue weighted by atomic mass is 9.75. The van der Waals surface area contributed by atoms with Crippen LogP contribution in [0.2, 0.25) is 0 Å². The number of aliphatic hydroxyl groups is 1. The van der Waals surface area contributed by atoms with Crippen molar-refractivity contribution in [3.05, 3.63) is 0 Å². The summed E-state index contributed by atoms with van der Waals surface area (Å²) in [7, 11) is 0. The van der Waals surface area contributed by atoms with E-state index in [0.717, 1.165) is 44.9 Å². The second kappa shape index (κ2) is 24.4. The second-order valence-electron chi connectivity index (χ2n) is 13.5. The van der Waals surface area contributed by atoms with Crippen LogP contribution in [0.4, 0.5) is 0 Å². The summed E-state index contributed by atoms with van der Waals surface area (Å²) < 4.78 is 11.9. The largest absolute Gasteiger partial charge is 0.462 e. The van der Waals surface area contributed by atoms with Gasteiger partial charge in [0, 0.05) is 12.8 Å². The van der Waals surface area contributed by atoms with E-state index in [1.165, 1.54) is 64.2 Å². The van der Waals surface area contributed by atoms with Gasteiger partial charge < -0.3 is 14.6 Å². The van der Waals surface area contributed by atoms with E-state index in [9.17, 15) is 14.7 Å². The van der Waals surface area contributed by atoms with Crippen LogP contribution < -0.4 is 0 Å². The Balaban J connectivity index is 2.41. The van der Waals surface area contributed by atoms with Gasteiger partial charge in [0.15, 0.2) is 0 Å². The maximum Gasteiger partial charge on any atom is 0.306 e. The predicted octanol–water partition coefficient (Wildman–Crippen LogP) is 10.1. The van der Waals surface area contributed by atoms with E-state index in [0.29, 0.717) is 56.3 Å². The first-order chi connectivity index (χ1) is 19.8. The summed E-state index contributed by atoms with van der Waals surface area (Å²) in [6, 6.07) is 0. The third-order valence-electron chi connectivity index (χ3n) is 9.14. The fourth-order valence-electron chi connectivity index (χ4n) is 6.40. The summed E-state index contributed by atoms with van der Waals surface area (Å²) in [5.41, 5.74) is 0. The third kappa shape index (κ3) is 19.7. The van der Waals surface area contributed by atoms with Crippen molar-refractivity contribution in [2.45, 2.75) is 201 Å². The van der Waals surface area contributed by atoms with Crippen LogP contribution >= 0.6 is 0 Å². The molecule has 0 spiro atoms. The van der Waals surface area contributed by atoms with Gasteiger partial charge in [0.1, 0.15) is 12.2 Å². The number of esters is 2. The zero-order valence-electron chi connectivity index (χ0n) is 27.8. The Labute approximate surface area is 254 Å². The molecule has 5 atom stereocenters. The minimum Gasteiger partial charge on any atom is -0.462 e. The van der Waals surface area contributed by atoms with Gasteiger partial charge in [-0.1, -0.05) is 112 Å². The maximum absolute atomic E-state index is 12.7. The molecule has 1 N–H and O–H groups in total. The van der Waals surface area contributed by atoms with Crippen LogP contribution in [-0.2, 0) is 19.1 Å².